The van der Waals surface area contributed by atoms with Crippen LogP contribution in [-0.4, -0.2) is 42.1 Å². The molecule has 0 aromatic heterocycles. The maximum absolute atomic E-state index is 12.0. The second-order valence-corrected chi connectivity index (χ2v) is 6.71. The van der Waals surface area contributed by atoms with Crippen molar-refractivity contribution in [1.29, 1.82) is 0 Å². The minimum atomic E-state index is -0.172. The highest BCUT2D eigenvalue weighted by molar-refractivity contribution is 7.98. The number of hydrogen-bond acceptors (Lipinski definition) is 3. The zero-order valence-electron chi connectivity index (χ0n) is 13.3. The summed E-state index contributed by atoms with van der Waals surface area (Å²) in [6.07, 6.45) is 0.357. The Balaban J connectivity index is 1.64. The topological polar surface area (TPSA) is 49.4 Å². The molecule has 1 aliphatic rings. The van der Waals surface area contributed by atoms with Crippen molar-refractivity contribution in [2.24, 2.45) is 5.92 Å². The van der Waals surface area contributed by atoms with Gasteiger partial charge in [-0.3, -0.25) is 9.59 Å². The van der Waals surface area contributed by atoms with Crippen LogP contribution in [0.25, 0.3) is 0 Å². The molecule has 0 radical (unpaired) electrons. The Bertz CT molecular complexity index is 533. The van der Waals surface area contributed by atoms with Crippen LogP contribution >= 0.6 is 11.8 Å². The summed E-state index contributed by atoms with van der Waals surface area (Å²) >= 11 is 1.82. The summed E-state index contributed by atoms with van der Waals surface area (Å²) in [4.78, 5) is 25.4. The standard InChI is InChI=1S/C17H24N2O2S/c1-3-19-11-15(10-16(19)20)17(21)18-8-9-22-12-14-7-5-4-6-13(14)2/h4-7,15H,3,8-12H2,1-2H3,(H,18,21). The predicted molar refractivity (Wildman–Crippen MR) is 90.7 cm³/mol. The van der Waals surface area contributed by atoms with Gasteiger partial charge in [-0.15, -0.1) is 0 Å². The van der Waals surface area contributed by atoms with Crippen LogP contribution in [0, 0.1) is 12.8 Å². The first-order valence-corrected chi connectivity index (χ1v) is 8.95. The van der Waals surface area contributed by atoms with Gasteiger partial charge in [0.2, 0.25) is 11.8 Å². The molecular formula is C17H24N2O2S. The van der Waals surface area contributed by atoms with Gasteiger partial charge in [-0.1, -0.05) is 24.3 Å². The van der Waals surface area contributed by atoms with E-state index in [4.69, 9.17) is 0 Å². The van der Waals surface area contributed by atoms with Gasteiger partial charge in [0.05, 0.1) is 5.92 Å². The Kier molecular flexibility index (Phi) is 6.31. The van der Waals surface area contributed by atoms with Crippen LogP contribution in [0.4, 0.5) is 0 Å². The fourth-order valence-electron chi connectivity index (χ4n) is 2.60. The highest BCUT2D eigenvalue weighted by Gasteiger charge is 2.32. The molecule has 22 heavy (non-hydrogen) atoms. The van der Waals surface area contributed by atoms with Crippen LogP contribution in [0.5, 0.6) is 0 Å². The summed E-state index contributed by atoms with van der Waals surface area (Å²) in [5.74, 6) is 1.79. The number of benzene rings is 1. The molecule has 1 N–H and O–H groups in total. The molecule has 0 spiro atoms. The lowest BCUT2D eigenvalue weighted by molar-refractivity contribution is -0.128. The van der Waals surface area contributed by atoms with E-state index in [0.717, 1.165) is 11.5 Å². The van der Waals surface area contributed by atoms with Gasteiger partial charge < -0.3 is 10.2 Å². The third-order valence-electron chi connectivity index (χ3n) is 4.03. The number of amides is 2. The largest absolute Gasteiger partial charge is 0.355 e. The molecule has 1 saturated heterocycles. The summed E-state index contributed by atoms with van der Waals surface area (Å²) in [5, 5.41) is 2.95. The molecular weight excluding hydrogens is 296 g/mol. The number of nitrogens with one attached hydrogen (secondary N) is 1. The summed E-state index contributed by atoms with van der Waals surface area (Å²) in [6, 6.07) is 8.37. The molecule has 0 aliphatic carbocycles. The van der Waals surface area contributed by atoms with Gasteiger partial charge >= 0.3 is 0 Å². The molecule has 4 nitrogen and oxygen atoms in total. The normalized spacial score (nSPS) is 17.8. The molecule has 2 rings (SSSR count). The summed E-state index contributed by atoms with van der Waals surface area (Å²) < 4.78 is 0. The Hall–Kier alpha value is -1.49. The number of rotatable bonds is 7. The molecule has 1 fully saturated rings. The lowest BCUT2D eigenvalue weighted by Crippen LogP contribution is -2.34. The minimum absolute atomic E-state index is 0.0146. The van der Waals surface area contributed by atoms with Crippen molar-refractivity contribution in [2.75, 3.05) is 25.4 Å². The molecule has 1 aromatic rings. The van der Waals surface area contributed by atoms with Crippen molar-refractivity contribution in [1.82, 2.24) is 10.2 Å². The molecule has 0 saturated carbocycles. The second kappa shape index (κ2) is 8.22. The molecule has 1 aromatic carbocycles. The van der Waals surface area contributed by atoms with Crippen molar-refractivity contribution in [3.63, 3.8) is 0 Å². The van der Waals surface area contributed by atoms with E-state index in [1.807, 2.05) is 24.8 Å². The van der Waals surface area contributed by atoms with E-state index in [9.17, 15) is 9.59 Å². The quantitative estimate of drug-likeness (QED) is 0.784. The first kappa shape index (κ1) is 16.9. The maximum Gasteiger partial charge on any atom is 0.225 e. The lowest BCUT2D eigenvalue weighted by atomic mass is 10.1. The van der Waals surface area contributed by atoms with Gasteiger partial charge in [-0.05, 0) is 25.0 Å². The summed E-state index contributed by atoms with van der Waals surface area (Å²) in [6.45, 7) is 5.98. The average Bonchev–Trinajstić information content (AvgIpc) is 2.89. The molecule has 1 aliphatic heterocycles. The fraction of sp³-hybridized carbons (Fsp3) is 0.529. The summed E-state index contributed by atoms with van der Waals surface area (Å²) in [7, 11) is 0. The van der Waals surface area contributed by atoms with E-state index >= 15 is 0 Å². The molecule has 120 valence electrons. The zero-order valence-corrected chi connectivity index (χ0v) is 14.1. The van der Waals surface area contributed by atoms with Crippen LogP contribution < -0.4 is 5.32 Å². The van der Waals surface area contributed by atoms with Crippen molar-refractivity contribution >= 4 is 23.6 Å². The number of aryl methyl sites for hydroxylation is 1. The molecule has 1 heterocycles. The van der Waals surface area contributed by atoms with Gasteiger partial charge in [-0.2, -0.15) is 11.8 Å². The van der Waals surface area contributed by atoms with E-state index < -0.39 is 0 Å². The van der Waals surface area contributed by atoms with E-state index in [-0.39, 0.29) is 17.7 Å². The van der Waals surface area contributed by atoms with Crippen LogP contribution in [0.2, 0.25) is 0 Å². The van der Waals surface area contributed by atoms with Gasteiger partial charge in [0.1, 0.15) is 0 Å². The number of hydrogen-bond donors (Lipinski definition) is 1. The van der Waals surface area contributed by atoms with E-state index in [2.05, 4.69) is 30.4 Å². The van der Waals surface area contributed by atoms with Crippen molar-refractivity contribution in [3.05, 3.63) is 35.4 Å². The van der Waals surface area contributed by atoms with Crippen LogP contribution in [0.3, 0.4) is 0 Å². The van der Waals surface area contributed by atoms with Crippen LogP contribution in [0.15, 0.2) is 24.3 Å². The lowest BCUT2D eigenvalue weighted by Gasteiger charge is -2.13. The van der Waals surface area contributed by atoms with Gasteiger partial charge in [0, 0.05) is 37.6 Å². The molecule has 2 amide bonds. The maximum atomic E-state index is 12.0. The average molecular weight is 320 g/mol. The number of likely N-dealkylation sites (tertiary alicyclic amines) is 1. The smallest absolute Gasteiger partial charge is 0.225 e. The Morgan fingerprint density at radius 2 is 2.18 bits per heavy atom. The minimum Gasteiger partial charge on any atom is -0.355 e. The van der Waals surface area contributed by atoms with E-state index in [1.165, 1.54) is 11.1 Å². The van der Waals surface area contributed by atoms with Crippen molar-refractivity contribution < 1.29 is 9.59 Å². The molecule has 1 atom stereocenters. The van der Waals surface area contributed by atoms with Gasteiger partial charge in [-0.25, -0.2) is 0 Å². The first-order chi connectivity index (χ1) is 10.6. The van der Waals surface area contributed by atoms with Crippen molar-refractivity contribution in [3.8, 4) is 0 Å². The Labute approximate surface area is 136 Å². The predicted octanol–water partition coefficient (Wildman–Crippen LogP) is 2.21. The number of nitrogens with zero attached hydrogens (tertiary/aromatic N) is 1. The molecule has 1 unspecified atom stereocenters. The monoisotopic (exact) mass is 320 g/mol. The fourth-order valence-corrected chi connectivity index (χ4v) is 3.53. The zero-order chi connectivity index (χ0) is 15.9. The second-order valence-electron chi connectivity index (χ2n) is 5.60. The van der Waals surface area contributed by atoms with E-state index in [1.54, 1.807) is 4.90 Å². The SMILES string of the molecule is CCN1CC(C(=O)NCCSCc2ccccc2C)CC1=O. The third kappa shape index (κ3) is 4.50. The number of thioether (sulfide) groups is 1. The number of carbonyl (C=O) groups is 2. The third-order valence-corrected chi connectivity index (χ3v) is 5.04. The van der Waals surface area contributed by atoms with Crippen LogP contribution in [-0.2, 0) is 15.3 Å². The first-order valence-electron chi connectivity index (χ1n) is 7.79. The van der Waals surface area contributed by atoms with Crippen molar-refractivity contribution in [2.45, 2.75) is 26.0 Å². The van der Waals surface area contributed by atoms with Crippen LogP contribution in [0.1, 0.15) is 24.5 Å². The molecule has 5 heteroatoms. The highest BCUT2D eigenvalue weighted by atomic mass is 32.2. The molecule has 0 bridgehead atoms. The van der Waals surface area contributed by atoms with Gasteiger partial charge in [0.15, 0.2) is 0 Å². The summed E-state index contributed by atoms with van der Waals surface area (Å²) in [5.41, 5.74) is 2.65. The number of carbonyl (C=O) groups excluding carboxylic acids is 2. The Morgan fingerprint density at radius 3 is 2.86 bits per heavy atom. The highest BCUT2D eigenvalue weighted by Crippen LogP contribution is 2.18. The Morgan fingerprint density at radius 1 is 1.41 bits per heavy atom. The van der Waals surface area contributed by atoms with Gasteiger partial charge in [0.25, 0.3) is 0 Å². The van der Waals surface area contributed by atoms with E-state index in [0.29, 0.717) is 26.1 Å².